The van der Waals surface area contributed by atoms with Crippen LogP contribution in [0.15, 0.2) is 0 Å². The van der Waals surface area contributed by atoms with Crippen molar-refractivity contribution < 1.29 is 12.6 Å². The molecule has 0 aliphatic carbocycles. The molecule has 7 nitrogen and oxygen atoms in total. The number of sulfonamides is 1. The maximum Gasteiger partial charge on any atom is 0.273 e. The van der Waals surface area contributed by atoms with E-state index in [2.05, 4.69) is 4.18 Å². The zero-order valence-corrected chi connectivity index (χ0v) is 6.98. The van der Waals surface area contributed by atoms with Crippen LogP contribution >= 0.6 is 12.0 Å². The molecule has 1 atom stereocenters. The van der Waals surface area contributed by atoms with Crippen molar-refractivity contribution in [2.24, 2.45) is 17.2 Å². The van der Waals surface area contributed by atoms with Gasteiger partial charge in [-0.25, -0.2) is 8.42 Å². The van der Waals surface area contributed by atoms with E-state index in [9.17, 15) is 8.42 Å². The van der Waals surface area contributed by atoms with Gasteiger partial charge in [-0.3, -0.25) is 9.92 Å². The van der Waals surface area contributed by atoms with Crippen molar-refractivity contribution >= 4 is 22.1 Å². The zero-order valence-electron chi connectivity index (χ0n) is 5.35. The summed E-state index contributed by atoms with van der Waals surface area (Å²) in [6, 6.07) is 0. The van der Waals surface area contributed by atoms with Gasteiger partial charge in [0.2, 0.25) is 10.0 Å². The Labute approximate surface area is 67.9 Å². The van der Waals surface area contributed by atoms with Gasteiger partial charge in [0.15, 0.2) is 5.50 Å². The summed E-state index contributed by atoms with van der Waals surface area (Å²) in [6.07, 6.45) is 0. The van der Waals surface area contributed by atoms with Gasteiger partial charge in [0.05, 0.1) is 12.0 Å². The number of nitrogens with one attached hydrogen (secondary N) is 1. The van der Waals surface area contributed by atoms with Crippen molar-refractivity contribution in [2.45, 2.75) is 10.7 Å². The highest BCUT2D eigenvalue weighted by Crippen LogP contribution is 2.39. The first-order valence-corrected chi connectivity index (χ1v) is 4.84. The first-order chi connectivity index (χ1) is 4.86. The monoisotopic (exact) mass is 200 g/mol. The summed E-state index contributed by atoms with van der Waals surface area (Å²) in [5.74, 6) is 0. The molecule has 0 aromatic heterocycles. The first kappa shape index (κ1) is 9.19. The van der Waals surface area contributed by atoms with Crippen LogP contribution in [-0.4, -0.2) is 19.1 Å². The molecule has 7 N–H and O–H groups in total. The van der Waals surface area contributed by atoms with Crippen molar-refractivity contribution in [3.63, 3.8) is 0 Å². The molecular formula is C2H8N4O3S2. The number of hydrogen-bond donors (Lipinski definition) is 4. The molecule has 1 rings (SSSR count). The summed E-state index contributed by atoms with van der Waals surface area (Å²) in [5, 5.41) is -1.37. The molecule has 1 aliphatic heterocycles. The molecule has 1 unspecified atom stereocenters. The highest BCUT2D eigenvalue weighted by Gasteiger charge is 2.48. The van der Waals surface area contributed by atoms with Crippen LogP contribution in [-0.2, 0) is 14.2 Å². The highest BCUT2D eigenvalue weighted by molar-refractivity contribution is 8.02. The molecule has 66 valence electrons. The van der Waals surface area contributed by atoms with Crippen LogP contribution in [0, 0.1) is 0 Å². The van der Waals surface area contributed by atoms with E-state index in [4.69, 9.17) is 17.2 Å². The van der Waals surface area contributed by atoms with Gasteiger partial charge in [0, 0.05) is 0 Å². The van der Waals surface area contributed by atoms with Gasteiger partial charge in [-0.1, -0.05) is 0 Å². The minimum absolute atomic E-state index is 0.791. The van der Waals surface area contributed by atoms with Crippen LogP contribution in [0.5, 0.6) is 0 Å². The Morgan fingerprint density at radius 1 is 1.55 bits per heavy atom. The average Bonchev–Trinajstić information content (AvgIpc) is 2.45. The third kappa shape index (κ3) is 2.27. The molecular weight excluding hydrogens is 192 g/mol. The lowest BCUT2D eigenvalue weighted by molar-refractivity contribution is 0.308. The maximum atomic E-state index is 10.9. The molecule has 0 radical (unpaired) electrons. The Hall–Kier alpha value is 0.1000. The Morgan fingerprint density at radius 3 is 2.27 bits per heavy atom. The molecule has 1 aliphatic rings. The smallest absolute Gasteiger partial charge is 0.273 e. The summed E-state index contributed by atoms with van der Waals surface area (Å²) in [6.45, 7) is 0. The molecule has 0 saturated carbocycles. The van der Waals surface area contributed by atoms with Gasteiger partial charge in [0.25, 0.3) is 5.18 Å². The summed E-state index contributed by atoms with van der Waals surface area (Å²) < 4.78 is 28.1. The second kappa shape index (κ2) is 2.55. The fraction of sp³-hybridized carbons (Fsp3) is 1.00. The second-order valence-corrected chi connectivity index (χ2v) is 4.72. The summed E-state index contributed by atoms with van der Waals surface area (Å²) >= 11 is 0.791. The number of rotatable bonds is 3. The van der Waals surface area contributed by atoms with E-state index in [1.165, 1.54) is 0 Å². The van der Waals surface area contributed by atoms with Gasteiger partial charge in [-0.05, 0) is 0 Å². The molecule has 1 heterocycles. The minimum Gasteiger partial charge on any atom is -0.302 e. The zero-order chi connectivity index (χ0) is 8.70. The average molecular weight is 200 g/mol. The molecule has 1 saturated heterocycles. The Bertz CT molecular complexity index is 244. The summed E-state index contributed by atoms with van der Waals surface area (Å²) in [7, 11) is -3.76. The lowest BCUT2D eigenvalue weighted by atomic mass is 11.1. The molecule has 1 fully saturated rings. The fourth-order valence-electron chi connectivity index (χ4n) is 0.345. The third-order valence-electron chi connectivity index (χ3n) is 0.906. The van der Waals surface area contributed by atoms with Crippen LogP contribution < -0.4 is 21.9 Å². The van der Waals surface area contributed by atoms with Crippen molar-refractivity contribution in [1.82, 2.24) is 4.72 Å². The summed E-state index contributed by atoms with van der Waals surface area (Å²) in [4.78, 5) is 0. The minimum atomic E-state index is -3.76. The van der Waals surface area contributed by atoms with Crippen LogP contribution in [0.3, 0.4) is 0 Å². The predicted molar refractivity (Wildman–Crippen MR) is 39.8 cm³/mol. The van der Waals surface area contributed by atoms with E-state index >= 15 is 0 Å². The van der Waals surface area contributed by atoms with Gasteiger partial charge >= 0.3 is 0 Å². The van der Waals surface area contributed by atoms with Gasteiger partial charge in [0.1, 0.15) is 0 Å². The van der Waals surface area contributed by atoms with E-state index in [0.717, 1.165) is 12.0 Å². The standard InChI is InChI=1S/C2H8N4O3S2/c3-1(4)11(7,8)6-2(5)9-10-2/h1,6H,3-5H2. The van der Waals surface area contributed by atoms with Gasteiger partial charge in [-0.2, -0.15) is 4.72 Å². The van der Waals surface area contributed by atoms with E-state index in [0.29, 0.717) is 0 Å². The Morgan fingerprint density at radius 2 is 2.00 bits per heavy atom. The number of hydrogen-bond acceptors (Lipinski definition) is 7. The maximum absolute atomic E-state index is 10.9. The van der Waals surface area contributed by atoms with E-state index in [1.54, 1.807) is 0 Å². The largest absolute Gasteiger partial charge is 0.302 e. The molecule has 0 bridgehead atoms. The van der Waals surface area contributed by atoms with Crippen molar-refractivity contribution in [1.29, 1.82) is 0 Å². The van der Waals surface area contributed by atoms with Crippen molar-refractivity contribution in [2.75, 3.05) is 0 Å². The lowest BCUT2D eigenvalue weighted by Crippen LogP contribution is -2.53. The van der Waals surface area contributed by atoms with Crippen molar-refractivity contribution in [3.8, 4) is 0 Å². The van der Waals surface area contributed by atoms with Gasteiger partial charge in [-0.15, -0.1) is 0 Å². The summed E-state index contributed by atoms with van der Waals surface area (Å²) in [5.41, 5.74) is 13.5. The van der Waals surface area contributed by atoms with Gasteiger partial charge < -0.3 is 11.5 Å². The van der Waals surface area contributed by atoms with Crippen LogP contribution in [0.25, 0.3) is 0 Å². The van der Waals surface area contributed by atoms with Crippen LogP contribution in [0.2, 0.25) is 0 Å². The van der Waals surface area contributed by atoms with Crippen LogP contribution in [0.4, 0.5) is 0 Å². The molecule has 0 aromatic rings. The predicted octanol–water partition coefficient (Wildman–Crippen LogP) is -2.64. The van der Waals surface area contributed by atoms with Crippen molar-refractivity contribution in [3.05, 3.63) is 0 Å². The molecule has 11 heavy (non-hydrogen) atoms. The lowest BCUT2D eigenvalue weighted by Gasteiger charge is -2.09. The first-order valence-electron chi connectivity index (χ1n) is 2.55. The molecule has 9 heteroatoms. The second-order valence-electron chi connectivity index (χ2n) is 1.95. The third-order valence-corrected chi connectivity index (χ3v) is 2.97. The molecule has 0 amide bonds. The topological polar surface area (TPSA) is 137 Å². The quantitative estimate of drug-likeness (QED) is 0.222. The Kier molecular flexibility index (Phi) is 2.13. The van der Waals surface area contributed by atoms with E-state index < -0.39 is 20.7 Å². The molecule has 0 spiro atoms. The number of nitrogens with two attached hydrogens (primary N) is 3. The normalized spacial score (nSPS) is 30.9. The Balaban J connectivity index is 2.61. The van der Waals surface area contributed by atoms with E-state index in [-0.39, 0.29) is 0 Å². The highest BCUT2D eigenvalue weighted by atomic mass is 32.2. The van der Waals surface area contributed by atoms with Crippen LogP contribution in [0.1, 0.15) is 0 Å². The fourth-order valence-corrected chi connectivity index (χ4v) is 1.59. The van der Waals surface area contributed by atoms with E-state index in [1.807, 2.05) is 4.72 Å². The molecule has 0 aromatic carbocycles. The SMILES string of the molecule is NC(N)S(=O)(=O)NC1(N)OS1.